The molecule has 26 heavy (non-hydrogen) atoms. The Morgan fingerprint density at radius 3 is 2.77 bits per heavy atom. The lowest BCUT2D eigenvalue weighted by Gasteiger charge is -2.15. The smallest absolute Gasteiger partial charge is 0.224 e. The molecule has 1 aliphatic carbocycles. The molecule has 0 radical (unpaired) electrons. The number of aryl methyl sites for hydroxylation is 1. The van der Waals surface area contributed by atoms with Gasteiger partial charge in [0.2, 0.25) is 5.95 Å². The van der Waals surface area contributed by atoms with Crippen molar-refractivity contribution < 1.29 is 4.39 Å². The Hall–Kier alpha value is -3.16. The lowest BCUT2D eigenvalue weighted by atomic mass is 10.1. The van der Waals surface area contributed by atoms with Gasteiger partial charge in [-0.3, -0.25) is 0 Å². The van der Waals surface area contributed by atoms with Crippen molar-refractivity contribution in [2.24, 2.45) is 7.05 Å². The fourth-order valence-corrected chi connectivity index (χ4v) is 2.94. The van der Waals surface area contributed by atoms with E-state index < -0.39 is 5.82 Å². The second kappa shape index (κ2) is 6.62. The zero-order valence-corrected chi connectivity index (χ0v) is 14.5. The van der Waals surface area contributed by atoms with E-state index in [4.69, 9.17) is 4.98 Å². The molecule has 0 aromatic carbocycles. The molecular formula is C18H18FN7. The van der Waals surface area contributed by atoms with Gasteiger partial charge in [-0.2, -0.15) is 0 Å². The second-order valence-electron chi connectivity index (χ2n) is 6.30. The van der Waals surface area contributed by atoms with Crippen LogP contribution < -0.4 is 5.32 Å². The Bertz CT molecular complexity index is 962. The van der Waals surface area contributed by atoms with Crippen LogP contribution in [0, 0.1) is 5.82 Å². The third kappa shape index (κ3) is 3.30. The molecule has 0 fully saturated rings. The van der Waals surface area contributed by atoms with Crippen LogP contribution in [0.15, 0.2) is 31.0 Å². The number of fused-ring (bicyclic) bond motifs is 1. The molecule has 1 atom stereocenters. The number of nitrogens with one attached hydrogen (secondary N) is 1. The molecule has 1 N–H and O–H groups in total. The van der Waals surface area contributed by atoms with Crippen molar-refractivity contribution in [1.82, 2.24) is 29.5 Å². The van der Waals surface area contributed by atoms with Crippen molar-refractivity contribution in [2.75, 3.05) is 5.32 Å². The molecule has 0 spiro atoms. The molecule has 4 rings (SSSR count). The number of hydrogen-bond acceptors (Lipinski definition) is 6. The average Bonchev–Trinajstić information content (AvgIpc) is 3.24. The number of halogens is 1. The summed E-state index contributed by atoms with van der Waals surface area (Å²) in [6, 6.07) is -0.248. The second-order valence-corrected chi connectivity index (χ2v) is 6.30. The van der Waals surface area contributed by atoms with Crippen LogP contribution in [-0.4, -0.2) is 29.5 Å². The molecule has 1 aliphatic rings. The molecule has 8 heteroatoms. The van der Waals surface area contributed by atoms with Gasteiger partial charge in [-0.1, -0.05) is 6.08 Å². The molecule has 0 aliphatic heterocycles. The summed E-state index contributed by atoms with van der Waals surface area (Å²) in [6.45, 7) is 1.89. The van der Waals surface area contributed by atoms with Crippen LogP contribution >= 0.6 is 0 Å². The van der Waals surface area contributed by atoms with Crippen LogP contribution in [-0.2, 0) is 19.9 Å². The highest BCUT2D eigenvalue weighted by Gasteiger charge is 2.18. The number of aromatic nitrogens is 6. The Balaban J connectivity index is 1.61. The maximum absolute atomic E-state index is 13.0. The first-order chi connectivity index (χ1) is 12.6. The highest BCUT2D eigenvalue weighted by atomic mass is 19.1. The van der Waals surface area contributed by atoms with E-state index in [2.05, 4.69) is 31.3 Å². The average molecular weight is 351 g/mol. The van der Waals surface area contributed by atoms with Crippen molar-refractivity contribution in [1.29, 1.82) is 0 Å². The van der Waals surface area contributed by atoms with E-state index in [1.165, 1.54) is 0 Å². The molecule has 0 unspecified atom stereocenters. The van der Waals surface area contributed by atoms with E-state index in [0.29, 0.717) is 18.2 Å². The summed E-state index contributed by atoms with van der Waals surface area (Å²) in [4.78, 5) is 21.7. The molecular weight excluding hydrogens is 333 g/mol. The van der Waals surface area contributed by atoms with Gasteiger partial charge < -0.3 is 9.88 Å². The van der Waals surface area contributed by atoms with Crippen LogP contribution in [0.5, 0.6) is 0 Å². The molecule has 0 saturated heterocycles. The van der Waals surface area contributed by atoms with Gasteiger partial charge >= 0.3 is 0 Å². The summed E-state index contributed by atoms with van der Waals surface area (Å²) < 4.78 is 14.9. The summed E-state index contributed by atoms with van der Waals surface area (Å²) in [7, 11) is 1.94. The zero-order chi connectivity index (χ0) is 18.1. The summed E-state index contributed by atoms with van der Waals surface area (Å²) in [5, 5.41) is 3.21. The monoisotopic (exact) mass is 351 g/mol. The fourth-order valence-electron chi connectivity index (χ4n) is 2.94. The molecule has 0 amide bonds. The Labute approximate surface area is 150 Å². The van der Waals surface area contributed by atoms with Gasteiger partial charge in [-0.25, -0.2) is 29.3 Å². The topological polar surface area (TPSA) is 81.4 Å². The summed E-state index contributed by atoms with van der Waals surface area (Å²) in [5.74, 6) is 0.525. The van der Waals surface area contributed by atoms with Crippen LogP contribution in [0.1, 0.15) is 41.4 Å². The summed E-state index contributed by atoms with van der Waals surface area (Å²) >= 11 is 0. The van der Waals surface area contributed by atoms with Crippen LogP contribution in [0.4, 0.5) is 10.3 Å². The van der Waals surface area contributed by atoms with Gasteiger partial charge in [0.25, 0.3) is 0 Å². The lowest BCUT2D eigenvalue weighted by molar-refractivity contribution is 0.604. The van der Waals surface area contributed by atoms with E-state index in [1.54, 1.807) is 6.33 Å². The van der Waals surface area contributed by atoms with Gasteiger partial charge in [0.05, 0.1) is 41.8 Å². The first-order valence-electron chi connectivity index (χ1n) is 8.35. The Kier molecular flexibility index (Phi) is 4.16. The predicted octanol–water partition coefficient (Wildman–Crippen LogP) is 2.47. The van der Waals surface area contributed by atoms with Gasteiger partial charge in [0, 0.05) is 25.2 Å². The van der Waals surface area contributed by atoms with Crippen molar-refractivity contribution in [2.45, 2.75) is 25.8 Å². The summed E-state index contributed by atoms with van der Waals surface area (Å²) in [5.41, 5.74) is 3.96. The van der Waals surface area contributed by atoms with Crippen LogP contribution in [0.2, 0.25) is 0 Å². The summed E-state index contributed by atoms with van der Waals surface area (Å²) in [6.07, 6.45) is 11.6. The largest absolute Gasteiger partial charge is 0.344 e. The molecule has 3 aromatic rings. The van der Waals surface area contributed by atoms with E-state index >= 15 is 0 Å². The molecule has 3 aromatic heterocycles. The van der Waals surface area contributed by atoms with E-state index in [9.17, 15) is 4.39 Å². The zero-order valence-electron chi connectivity index (χ0n) is 14.5. The maximum atomic E-state index is 13.0. The minimum absolute atomic E-state index is 0.248. The standard InChI is InChI=1S/C18H18FN7/c1-11(17-20-7-12(19)8-21-17)23-18-24-15-5-3-4-14(15)16(25-18)6-13-9-26(2)10-22-13/h3,5,7-11H,4,6H2,1-2H3,(H,23,24,25)/t11-/m0/s1. The van der Waals surface area contributed by atoms with Gasteiger partial charge in [-0.05, 0) is 19.4 Å². The highest BCUT2D eigenvalue weighted by molar-refractivity contribution is 5.59. The quantitative estimate of drug-likeness (QED) is 0.760. The van der Waals surface area contributed by atoms with Crippen molar-refractivity contribution in [3.63, 3.8) is 0 Å². The third-order valence-electron chi connectivity index (χ3n) is 4.20. The van der Waals surface area contributed by atoms with E-state index in [1.807, 2.05) is 30.8 Å². The lowest BCUT2D eigenvalue weighted by Crippen LogP contribution is -2.15. The van der Waals surface area contributed by atoms with Crippen LogP contribution in [0.25, 0.3) is 6.08 Å². The normalized spacial score (nSPS) is 13.7. The third-order valence-corrected chi connectivity index (χ3v) is 4.20. The van der Waals surface area contributed by atoms with Gasteiger partial charge in [-0.15, -0.1) is 0 Å². The first-order valence-corrected chi connectivity index (χ1v) is 8.35. The number of rotatable bonds is 5. The Morgan fingerprint density at radius 2 is 2.04 bits per heavy atom. The fraction of sp³-hybridized carbons (Fsp3) is 0.278. The van der Waals surface area contributed by atoms with Gasteiger partial charge in [0.15, 0.2) is 5.82 Å². The van der Waals surface area contributed by atoms with E-state index in [-0.39, 0.29) is 6.04 Å². The molecule has 7 nitrogen and oxygen atoms in total. The number of nitrogens with zero attached hydrogens (tertiary/aromatic N) is 6. The minimum atomic E-state index is -0.461. The highest BCUT2D eigenvalue weighted by Crippen LogP contribution is 2.25. The number of allylic oxidation sites excluding steroid dienone is 1. The predicted molar refractivity (Wildman–Crippen MR) is 94.8 cm³/mol. The van der Waals surface area contributed by atoms with Crippen molar-refractivity contribution >= 4 is 12.0 Å². The number of hydrogen-bond donors (Lipinski definition) is 1. The number of anilines is 1. The van der Waals surface area contributed by atoms with Crippen molar-refractivity contribution in [3.05, 3.63) is 65.3 Å². The molecule has 3 heterocycles. The van der Waals surface area contributed by atoms with Crippen molar-refractivity contribution in [3.8, 4) is 0 Å². The Morgan fingerprint density at radius 1 is 1.23 bits per heavy atom. The minimum Gasteiger partial charge on any atom is -0.344 e. The molecule has 0 bridgehead atoms. The first kappa shape index (κ1) is 16.3. The molecule has 0 saturated carbocycles. The van der Waals surface area contributed by atoms with Gasteiger partial charge in [0.1, 0.15) is 5.82 Å². The van der Waals surface area contributed by atoms with E-state index in [0.717, 1.165) is 41.5 Å². The number of imidazole rings is 1. The SMILES string of the molecule is C[C@H](Nc1nc2c(c(Cc3cn(C)cn3)n1)CC=C2)c1ncc(F)cn1. The van der Waals surface area contributed by atoms with Crippen LogP contribution in [0.3, 0.4) is 0 Å². The maximum Gasteiger partial charge on any atom is 0.224 e. The molecule has 132 valence electrons.